The van der Waals surface area contributed by atoms with Crippen molar-refractivity contribution in [3.05, 3.63) is 29.8 Å². The van der Waals surface area contributed by atoms with Gasteiger partial charge >= 0.3 is 0 Å². The molecule has 0 saturated carbocycles. The van der Waals surface area contributed by atoms with Crippen LogP contribution in [-0.4, -0.2) is 40.2 Å². The van der Waals surface area contributed by atoms with Crippen molar-refractivity contribution in [1.29, 1.82) is 0 Å². The lowest BCUT2D eigenvalue weighted by Gasteiger charge is -2.30. The van der Waals surface area contributed by atoms with Gasteiger partial charge in [-0.3, -0.25) is 4.79 Å². The Hall–Kier alpha value is -1.55. The molecule has 1 aromatic rings. The van der Waals surface area contributed by atoms with Crippen molar-refractivity contribution >= 4 is 5.91 Å². The predicted octanol–water partition coefficient (Wildman–Crippen LogP) is 1.31. The lowest BCUT2D eigenvalue weighted by atomic mass is 10.1. The number of phenolic OH excluding ortho intramolecular Hbond substituents is 1. The molecular formula is C14H19NO3. The van der Waals surface area contributed by atoms with Crippen LogP contribution in [0.3, 0.4) is 0 Å². The van der Waals surface area contributed by atoms with Crippen LogP contribution in [0, 0.1) is 0 Å². The third-order valence-electron chi connectivity index (χ3n) is 3.35. The summed E-state index contributed by atoms with van der Waals surface area (Å²) >= 11 is 0. The van der Waals surface area contributed by atoms with Crippen LogP contribution in [0.15, 0.2) is 24.3 Å². The number of β-amino-alcohol motifs (C(OH)–C–C–N with tert-alkyl or cyclic N) is 1. The van der Waals surface area contributed by atoms with E-state index < -0.39 is 0 Å². The molecule has 2 rings (SSSR count). The average Bonchev–Trinajstić information content (AvgIpc) is 2.37. The summed E-state index contributed by atoms with van der Waals surface area (Å²) in [6.45, 7) is 1.18. The number of likely N-dealkylation sites (tertiary alicyclic amines) is 1. The summed E-state index contributed by atoms with van der Waals surface area (Å²) in [4.78, 5) is 13.7. The maximum atomic E-state index is 12.0. The van der Waals surface area contributed by atoms with Crippen molar-refractivity contribution in [2.45, 2.75) is 31.8 Å². The molecule has 1 aliphatic rings. The minimum Gasteiger partial charge on any atom is -0.508 e. The van der Waals surface area contributed by atoms with Crippen molar-refractivity contribution in [2.24, 2.45) is 0 Å². The molecule has 0 aliphatic carbocycles. The van der Waals surface area contributed by atoms with Crippen LogP contribution in [0.5, 0.6) is 5.75 Å². The van der Waals surface area contributed by atoms with E-state index in [-0.39, 0.29) is 17.8 Å². The van der Waals surface area contributed by atoms with Crippen LogP contribution < -0.4 is 0 Å². The molecule has 1 unspecified atom stereocenters. The number of nitrogens with zero attached hydrogens (tertiary/aromatic N) is 1. The van der Waals surface area contributed by atoms with Gasteiger partial charge in [-0.1, -0.05) is 18.2 Å². The van der Waals surface area contributed by atoms with Crippen LogP contribution in [-0.2, 0) is 11.2 Å². The van der Waals surface area contributed by atoms with E-state index in [0.29, 0.717) is 19.4 Å². The van der Waals surface area contributed by atoms with Gasteiger partial charge in [-0.15, -0.1) is 0 Å². The summed E-state index contributed by atoms with van der Waals surface area (Å²) in [5.41, 5.74) is 0.795. The van der Waals surface area contributed by atoms with E-state index in [1.165, 1.54) is 0 Å². The van der Waals surface area contributed by atoms with Crippen molar-refractivity contribution in [2.75, 3.05) is 13.1 Å². The number of aryl methyl sites for hydroxylation is 1. The maximum absolute atomic E-state index is 12.0. The van der Waals surface area contributed by atoms with Crippen LogP contribution in [0.25, 0.3) is 0 Å². The van der Waals surface area contributed by atoms with E-state index in [9.17, 15) is 15.0 Å². The van der Waals surface area contributed by atoms with Crippen molar-refractivity contribution in [3.8, 4) is 5.75 Å². The van der Waals surface area contributed by atoms with E-state index in [0.717, 1.165) is 24.9 Å². The molecular weight excluding hydrogens is 230 g/mol. The summed E-state index contributed by atoms with van der Waals surface area (Å²) in [7, 11) is 0. The Kier molecular flexibility index (Phi) is 4.20. The number of carbonyl (C=O) groups is 1. The Morgan fingerprint density at radius 2 is 2.17 bits per heavy atom. The monoisotopic (exact) mass is 249 g/mol. The Morgan fingerprint density at radius 1 is 1.39 bits per heavy atom. The van der Waals surface area contributed by atoms with Crippen LogP contribution in [0.1, 0.15) is 24.8 Å². The fourth-order valence-electron chi connectivity index (χ4n) is 2.30. The third-order valence-corrected chi connectivity index (χ3v) is 3.35. The summed E-state index contributed by atoms with van der Waals surface area (Å²) in [6, 6.07) is 7.07. The van der Waals surface area contributed by atoms with E-state index in [4.69, 9.17) is 0 Å². The number of piperidine rings is 1. The highest BCUT2D eigenvalue weighted by molar-refractivity contribution is 5.76. The zero-order chi connectivity index (χ0) is 13.0. The molecule has 0 bridgehead atoms. The Labute approximate surface area is 107 Å². The van der Waals surface area contributed by atoms with Crippen molar-refractivity contribution in [1.82, 2.24) is 4.90 Å². The number of aliphatic hydroxyl groups excluding tert-OH is 1. The number of aromatic hydroxyl groups is 1. The molecule has 1 saturated heterocycles. The molecule has 1 fully saturated rings. The van der Waals surface area contributed by atoms with Gasteiger partial charge in [0.1, 0.15) is 5.75 Å². The van der Waals surface area contributed by atoms with E-state index in [1.54, 1.807) is 17.0 Å². The first-order valence-electron chi connectivity index (χ1n) is 6.39. The van der Waals surface area contributed by atoms with Crippen LogP contribution in [0.2, 0.25) is 0 Å². The minimum atomic E-state index is -0.382. The number of carbonyl (C=O) groups excluding carboxylic acids is 1. The first-order valence-corrected chi connectivity index (χ1v) is 6.39. The summed E-state index contributed by atoms with van der Waals surface area (Å²) in [5.74, 6) is 0.293. The smallest absolute Gasteiger partial charge is 0.222 e. The highest BCUT2D eigenvalue weighted by Crippen LogP contribution is 2.18. The number of hydrogen-bond acceptors (Lipinski definition) is 3. The zero-order valence-corrected chi connectivity index (χ0v) is 10.4. The van der Waals surface area contributed by atoms with E-state index in [2.05, 4.69) is 0 Å². The van der Waals surface area contributed by atoms with E-state index >= 15 is 0 Å². The highest BCUT2D eigenvalue weighted by Gasteiger charge is 2.21. The molecule has 2 N–H and O–H groups in total. The first kappa shape index (κ1) is 12.9. The van der Waals surface area contributed by atoms with Gasteiger partial charge in [-0.05, 0) is 30.9 Å². The number of benzene rings is 1. The molecule has 1 heterocycles. The molecule has 0 radical (unpaired) electrons. The van der Waals surface area contributed by atoms with Gasteiger partial charge in [-0.25, -0.2) is 0 Å². The lowest BCUT2D eigenvalue weighted by molar-refractivity contribution is -0.134. The molecule has 18 heavy (non-hydrogen) atoms. The molecule has 0 aromatic heterocycles. The van der Waals surface area contributed by atoms with E-state index in [1.807, 2.05) is 12.1 Å². The maximum Gasteiger partial charge on any atom is 0.222 e. The molecule has 1 aliphatic heterocycles. The second-order valence-corrected chi connectivity index (χ2v) is 4.76. The summed E-state index contributed by atoms with van der Waals surface area (Å²) in [6.07, 6.45) is 2.18. The Balaban J connectivity index is 1.86. The molecule has 1 atom stereocenters. The van der Waals surface area contributed by atoms with Crippen LogP contribution >= 0.6 is 0 Å². The van der Waals surface area contributed by atoms with Crippen molar-refractivity contribution in [3.63, 3.8) is 0 Å². The molecule has 0 spiro atoms. The number of aliphatic hydroxyl groups is 1. The number of amides is 1. The van der Waals surface area contributed by atoms with Crippen molar-refractivity contribution < 1.29 is 15.0 Å². The standard InChI is InChI=1S/C14H19NO3/c16-12-5-3-9-15(10-12)14(18)8-7-11-4-1-2-6-13(11)17/h1-2,4,6,12,16-17H,3,5,7-10H2. The molecule has 1 aromatic carbocycles. The molecule has 4 heteroatoms. The second-order valence-electron chi connectivity index (χ2n) is 4.76. The molecule has 4 nitrogen and oxygen atoms in total. The normalized spacial score (nSPS) is 19.8. The van der Waals surface area contributed by atoms with Gasteiger partial charge in [-0.2, -0.15) is 0 Å². The third kappa shape index (κ3) is 3.23. The average molecular weight is 249 g/mol. The number of para-hydroxylation sites is 1. The Bertz CT molecular complexity index is 419. The summed E-state index contributed by atoms with van der Waals surface area (Å²) in [5, 5.41) is 19.1. The van der Waals surface area contributed by atoms with Gasteiger partial charge in [0.25, 0.3) is 0 Å². The highest BCUT2D eigenvalue weighted by atomic mass is 16.3. The van der Waals surface area contributed by atoms with Gasteiger partial charge < -0.3 is 15.1 Å². The minimum absolute atomic E-state index is 0.0528. The fraction of sp³-hybridized carbons (Fsp3) is 0.500. The topological polar surface area (TPSA) is 60.8 Å². The number of phenols is 1. The molecule has 98 valence electrons. The van der Waals surface area contributed by atoms with Gasteiger partial charge in [0.2, 0.25) is 5.91 Å². The van der Waals surface area contributed by atoms with Crippen LogP contribution in [0.4, 0.5) is 0 Å². The van der Waals surface area contributed by atoms with Gasteiger partial charge in [0.15, 0.2) is 0 Å². The molecule has 1 amide bonds. The predicted molar refractivity (Wildman–Crippen MR) is 68.2 cm³/mol. The fourth-order valence-corrected chi connectivity index (χ4v) is 2.30. The first-order chi connectivity index (χ1) is 8.66. The van der Waals surface area contributed by atoms with Gasteiger partial charge in [0.05, 0.1) is 6.10 Å². The Morgan fingerprint density at radius 3 is 2.89 bits per heavy atom. The number of hydrogen-bond donors (Lipinski definition) is 2. The second kappa shape index (κ2) is 5.87. The number of rotatable bonds is 3. The van der Waals surface area contributed by atoms with Gasteiger partial charge in [0, 0.05) is 19.5 Å². The zero-order valence-electron chi connectivity index (χ0n) is 10.4. The summed E-state index contributed by atoms with van der Waals surface area (Å²) < 4.78 is 0. The largest absolute Gasteiger partial charge is 0.508 e. The quantitative estimate of drug-likeness (QED) is 0.849. The SMILES string of the molecule is O=C(CCc1ccccc1O)N1CCCC(O)C1. The lowest BCUT2D eigenvalue weighted by Crippen LogP contribution is -2.42.